The van der Waals surface area contributed by atoms with Crippen LogP contribution in [0.15, 0.2) is 9.68 Å². The van der Waals surface area contributed by atoms with Gasteiger partial charge in [-0.05, 0) is 20.3 Å². The molecule has 6 nitrogen and oxygen atoms in total. The summed E-state index contributed by atoms with van der Waals surface area (Å²) in [5.41, 5.74) is 2.22. The van der Waals surface area contributed by atoms with Crippen molar-refractivity contribution in [2.75, 3.05) is 13.7 Å². The SMILES string of the molecule is CCCc1noc(CSc2nc(C)c(C)n2CCOC)n1. The molecule has 0 atom stereocenters. The van der Waals surface area contributed by atoms with Gasteiger partial charge in [-0.3, -0.25) is 0 Å². The molecule has 0 unspecified atom stereocenters. The molecular weight excluding hydrogens is 288 g/mol. The third kappa shape index (κ3) is 4.07. The number of imidazole rings is 1. The standard InChI is InChI=1S/C14H22N4O2S/c1-5-6-12-16-13(20-17-12)9-21-14-15-10(2)11(3)18(14)7-8-19-4/h5-9H2,1-4H3. The molecule has 0 fully saturated rings. The molecule has 0 aromatic carbocycles. The van der Waals surface area contributed by atoms with E-state index < -0.39 is 0 Å². The normalized spacial score (nSPS) is 11.2. The summed E-state index contributed by atoms with van der Waals surface area (Å²) >= 11 is 1.62. The third-order valence-electron chi connectivity index (χ3n) is 3.25. The van der Waals surface area contributed by atoms with E-state index >= 15 is 0 Å². The fourth-order valence-electron chi connectivity index (χ4n) is 1.98. The monoisotopic (exact) mass is 310 g/mol. The highest BCUT2D eigenvalue weighted by Crippen LogP contribution is 2.24. The van der Waals surface area contributed by atoms with Gasteiger partial charge in [0.2, 0.25) is 5.89 Å². The van der Waals surface area contributed by atoms with Gasteiger partial charge in [0.05, 0.1) is 18.1 Å². The highest BCUT2D eigenvalue weighted by atomic mass is 32.2. The van der Waals surface area contributed by atoms with E-state index in [2.05, 4.69) is 33.5 Å². The summed E-state index contributed by atoms with van der Waals surface area (Å²) in [6.45, 7) is 7.67. The van der Waals surface area contributed by atoms with Gasteiger partial charge in [0, 0.05) is 25.8 Å². The first-order valence-corrected chi connectivity index (χ1v) is 8.11. The molecule has 0 saturated carbocycles. The van der Waals surface area contributed by atoms with Crippen LogP contribution in [0.3, 0.4) is 0 Å². The Labute approximate surface area is 129 Å². The average Bonchev–Trinajstić information content (AvgIpc) is 3.02. The van der Waals surface area contributed by atoms with Crippen LogP contribution < -0.4 is 0 Å². The highest BCUT2D eigenvalue weighted by molar-refractivity contribution is 7.98. The molecule has 0 amide bonds. The summed E-state index contributed by atoms with van der Waals surface area (Å²) in [6, 6.07) is 0. The lowest BCUT2D eigenvalue weighted by Crippen LogP contribution is -2.07. The van der Waals surface area contributed by atoms with Crippen molar-refractivity contribution in [1.29, 1.82) is 0 Å². The number of aryl methyl sites for hydroxylation is 2. The molecule has 0 saturated heterocycles. The second-order valence-corrected chi connectivity index (χ2v) is 5.80. The summed E-state index contributed by atoms with van der Waals surface area (Å²) in [4.78, 5) is 8.98. The summed E-state index contributed by atoms with van der Waals surface area (Å²) in [6.07, 6.45) is 1.88. The van der Waals surface area contributed by atoms with Crippen LogP contribution in [-0.4, -0.2) is 33.4 Å². The van der Waals surface area contributed by atoms with Crippen molar-refractivity contribution in [1.82, 2.24) is 19.7 Å². The van der Waals surface area contributed by atoms with Crippen LogP contribution in [0.2, 0.25) is 0 Å². The van der Waals surface area contributed by atoms with E-state index in [1.807, 2.05) is 6.92 Å². The molecule has 2 rings (SSSR count). The summed E-state index contributed by atoms with van der Waals surface area (Å²) in [5, 5.41) is 4.94. The maximum atomic E-state index is 5.25. The first-order valence-electron chi connectivity index (χ1n) is 7.12. The molecule has 0 aliphatic carbocycles. The Bertz CT molecular complexity index is 580. The van der Waals surface area contributed by atoms with Crippen LogP contribution in [-0.2, 0) is 23.5 Å². The van der Waals surface area contributed by atoms with Crippen molar-refractivity contribution in [3.63, 3.8) is 0 Å². The van der Waals surface area contributed by atoms with Crippen molar-refractivity contribution < 1.29 is 9.26 Å². The molecule has 0 bridgehead atoms. The van der Waals surface area contributed by atoms with Crippen molar-refractivity contribution in [2.45, 2.75) is 51.1 Å². The van der Waals surface area contributed by atoms with Crippen LogP contribution >= 0.6 is 11.8 Å². The van der Waals surface area contributed by atoms with E-state index in [0.29, 0.717) is 18.3 Å². The zero-order valence-corrected chi connectivity index (χ0v) is 13.9. The Morgan fingerprint density at radius 1 is 1.29 bits per heavy atom. The number of hydrogen-bond acceptors (Lipinski definition) is 6. The van der Waals surface area contributed by atoms with Crippen molar-refractivity contribution in [3.05, 3.63) is 23.1 Å². The lowest BCUT2D eigenvalue weighted by Gasteiger charge is -2.08. The van der Waals surface area contributed by atoms with Gasteiger partial charge >= 0.3 is 0 Å². The van der Waals surface area contributed by atoms with Crippen LogP contribution in [0.1, 0.15) is 36.4 Å². The van der Waals surface area contributed by atoms with E-state index in [0.717, 1.165) is 36.1 Å². The molecular formula is C14H22N4O2S. The second kappa shape index (κ2) is 7.61. The van der Waals surface area contributed by atoms with E-state index in [-0.39, 0.29) is 0 Å². The van der Waals surface area contributed by atoms with Crippen molar-refractivity contribution >= 4 is 11.8 Å². The van der Waals surface area contributed by atoms with Gasteiger partial charge in [-0.2, -0.15) is 4.98 Å². The molecule has 0 aliphatic heterocycles. The zero-order chi connectivity index (χ0) is 15.2. The van der Waals surface area contributed by atoms with Gasteiger partial charge in [0.1, 0.15) is 0 Å². The fourth-order valence-corrected chi connectivity index (χ4v) is 2.94. The minimum atomic E-state index is 0.638. The molecule has 0 radical (unpaired) electrons. The van der Waals surface area contributed by atoms with Crippen molar-refractivity contribution in [3.8, 4) is 0 Å². The molecule has 21 heavy (non-hydrogen) atoms. The largest absolute Gasteiger partial charge is 0.383 e. The maximum absolute atomic E-state index is 5.25. The quantitative estimate of drug-likeness (QED) is 0.699. The predicted molar refractivity (Wildman–Crippen MR) is 81.4 cm³/mol. The zero-order valence-electron chi connectivity index (χ0n) is 13.0. The summed E-state index contributed by atoms with van der Waals surface area (Å²) in [5.74, 6) is 2.07. The summed E-state index contributed by atoms with van der Waals surface area (Å²) < 4.78 is 12.6. The molecule has 2 heterocycles. The van der Waals surface area contributed by atoms with Crippen LogP contribution in [0.25, 0.3) is 0 Å². The molecule has 7 heteroatoms. The average molecular weight is 310 g/mol. The van der Waals surface area contributed by atoms with Gasteiger partial charge in [-0.1, -0.05) is 23.8 Å². The second-order valence-electron chi connectivity index (χ2n) is 4.85. The lowest BCUT2D eigenvalue weighted by molar-refractivity contribution is 0.184. The molecule has 116 valence electrons. The minimum Gasteiger partial charge on any atom is -0.383 e. The Kier molecular flexibility index (Phi) is 5.81. The number of hydrogen-bond donors (Lipinski definition) is 0. The molecule has 2 aromatic rings. The van der Waals surface area contributed by atoms with Gasteiger partial charge < -0.3 is 13.8 Å². The van der Waals surface area contributed by atoms with Crippen molar-refractivity contribution in [2.24, 2.45) is 0 Å². The van der Waals surface area contributed by atoms with E-state index in [1.54, 1.807) is 18.9 Å². The van der Waals surface area contributed by atoms with Gasteiger partial charge in [-0.25, -0.2) is 4.98 Å². The van der Waals surface area contributed by atoms with Crippen LogP contribution in [0.4, 0.5) is 0 Å². The molecule has 0 N–H and O–H groups in total. The number of thioether (sulfide) groups is 1. The molecule has 2 aromatic heterocycles. The topological polar surface area (TPSA) is 66.0 Å². The van der Waals surface area contributed by atoms with E-state index in [9.17, 15) is 0 Å². The number of methoxy groups -OCH3 is 1. The van der Waals surface area contributed by atoms with Crippen LogP contribution in [0, 0.1) is 13.8 Å². The maximum Gasteiger partial charge on any atom is 0.237 e. The van der Waals surface area contributed by atoms with Gasteiger partial charge in [0.15, 0.2) is 11.0 Å². The number of ether oxygens (including phenoxy) is 1. The number of aromatic nitrogens is 4. The molecule has 0 spiro atoms. The first kappa shape index (κ1) is 16.0. The lowest BCUT2D eigenvalue weighted by atomic mass is 10.3. The predicted octanol–water partition coefficient (Wildman–Crippen LogP) is 2.77. The first-order chi connectivity index (χ1) is 10.2. The Balaban J connectivity index is 2.03. The third-order valence-corrected chi connectivity index (χ3v) is 4.21. The number of nitrogens with zero attached hydrogens (tertiary/aromatic N) is 4. The van der Waals surface area contributed by atoms with Gasteiger partial charge in [-0.15, -0.1) is 0 Å². The Morgan fingerprint density at radius 3 is 2.81 bits per heavy atom. The number of rotatable bonds is 8. The van der Waals surface area contributed by atoms with Crippen LogP contribution in [0.5, 0.6) is 0 Å². The Morgan fingerprint density at radius 2 is 2.10 bits per heavy atom. The molecule has 0 aliphatic rings. The fraction of sp³-hybridized carbons (Fsp3) is 0.643. The van der Waals surface area contributed by atoms with Gasteiger partial charge in [0.25, 0.3) is 0 Å². The van der Waals surface area contributed by atoms with E-state index in [1.165, 1.54) is 5.69 Å². The highest BCUT2D eigenvalue weighted by Gasteiger charge is 2.13. The minimum absolute atomic E-state index is 0.638. The Hall–Kier alpha value is -1.34. The smallest absolute Gasteiger partial charge is 0.237 e. The van der Waals surface area contributed by atoms with E-state index in [4.69, 9.17) is 9.26 Å². The summed E-state index contributed by atoms with van der Waals surface area (Å²) in [7, 11) is 1.71.